The van der Waals surface area contributed by atoms with Gasteiger partial charge >= 0.3 is 5.97 Å². The van der Waals surface area contributed by atoms with Gasteiger partial charge in [0.25, 0.3) is 0 Å². The van der Waals surface area contributed by atoms with Crippen molar-refractivity contribution < 1.29 is 18.3 Å². The normalized spacial score (nSPS) is 23.7. The maximum absolute atomic E-state index is 12.3. The number of rotatable bonds is 4. The average molecular weight is 382 g/mol. The number of carboxylic acid groups (broad SMARTS) is 1. The van der Waals surface area contributed by atoms with Gasteiger partial charge in [-0.15, -0.1) is 11.3 Å². The summed E-state index contributed by atoms with van der Waals surface area (Å²) in [4.78, 5) is 11.2. The lowest BCUT2D eigenvalue weighted by Gasteiger charge is -2.28. The van der Waals surface area contributed by atoms with Crippen molar-refractivity contribution in [2.75, 3.05) is 0 Å². The van der Waals surface area contributed by atoms with Crippen molar-refractivity contribution in [2.24, 2.45) is 5.92 Å². The summed E-state index contributed by atoms with van der Waals surface area (Å²) in [6, 6.07) is 1.07. The standard InChI is InChI=1S/C12H16BrNO4S2/c1-7-6-10(19-11(7)13)20(17,18)14-9-5-3-2-4-8(9)12(15)16/h6,8-9,14H,2-5H2,1H3,(H,15,16). The van der Waals surface area contributed by atoms with E-state index in [9.17, 15) is 18.3 Å². The van der Waals surface area contributed by atoms with E-state index in [1.807, 2.05) is 6.92 Å². The van der Waals surface area contributed by atoms with Crippen LogP contribution in [0, 0.1) is 12.8 Å². The van der Waals surface area contributed by atoms with Gasteiger partial charge in [-0.1, -0.05) is 12.8 Å². The van der Waals surface area contributed by atoms with Crippen LogP contribution in [0.3, 0.4) is 0 Å². The van der Waals surface area contributed by atoms with E-state index in [-0.39, 0.29) is 4.21 Å². The van der Waals surface area contributed by atoms with Crippen molar-refractivity contribution in [1.82, 2.24) is 4.72 Å². The molecule has 1 fully saturated rings. The van der Waals surface area contributed by atoms with Gasteiger partial charge in [0.2, 0.25) is 10.0 Å². The van der Waals surface area contributed by atoms with Crippen LogP contribution in [0.25, 0.3) is 0 Å². The van der Waals surface area contributed by atoms with Crippen molar-refractivity contribution >= 4 is 43.3 Å². The zero-order chi connectivity index (χ0) is 14.9. The molecule has 1 heterocycles. The van der Waals surface area contributed by atoms with Crippen molar-refractivity contribution in [2.45, 2.75) is 42.9 Å². The zero-order valence-corrected chi connectivity index (χ0v) is 14.1. The Morgan fingerprint density at radius 3 is 2.65 bits per heavy atom. The third-order valence-electron chi connectivity index (χ3n) is 3.49. The lowest BCUT2D eigenvalue weighted by molar-refractivity contribution is -0.143. The van der Waals surface area contributed by atoms with E-state index >= 15 is 0 Å². The molecule has 0 saturated heterocycles. The number of halogens is 1. The van der Waals surface area contributed by atoms with Gasteiger partial charge in [0.15, 0.2) is 0 Å². The van der Waals surface area contributed by atoms with Gasteiger partial charge in [0.05, 0.1) is 9.70 Å². The molecule has 112 valence electrons. The van der Waals surface area contributed by atoms with E-state index in [2.05, 4.69) is 20.7 Å². The zero-order valence-electron chi connectivity index (χ0n) is 10.9. The van der Waals surface area contributed by atoms with Crippen LogP contribution < -0.4 is 4.72 Å². The molecule has 1 aliphatic carbocycles. The van der Waals surface area contributed by atoms with Gasteiger partial charge < -0.3 is 5.11 Å². The third-order valence-corrected chi connectivity index (χ3v) is 7.59. The summed E-state index contributed by atoms with van der Waals surface area (Å²) >= 11 is 4.44. The van der Waals surface area contributed by atoms with Crippen molar-refractivity contribution in [3.8, 4) is 0 Å². The smallest absolute Gasteiger partial charge is 0.308 e. The van der Waals surface area contributed by atoms with Crippen LogP contribution in [-0.4, -0.2) is 25.5 Å². The molecule has 0 aliphatic heterocycles. The van der Waals surface area contributed by atoms with Gasteiger partial charge in [-0.3, -0.25) is 4.79 Å². The van der Waals surface area contributed by atoms with Gasteiger partial charge in [-0.2, -0.15) is 0 Å². The predicted octanol–water partition coefficient (Wildman–Crippen LogP) is 2.74. The minimum absolute atomic E-state index is 0.219. The highest BCUT2D eigenvalue weighted by Gasteiger charge is 2.34. The summed E-state index contributed by atoms with van der Waals surface area (Å²) in [5.41, 5.74) is 0.855. The summed E-state index contributed by atoms with van der Waals surface area (Å²) in [6.45, 7) is 1.82. The number of nitrogens with one attached hydrogen (secondary N) is 1. The minimum atomic E-state index is -3.65. The second-order valence-corrected chi connectivity index (χ2v) is 9.29. The predicted molar refractivity (Wildman–Crippen MR) is 80.5 cm³/mol. The van der Waals surface area contributed by atoms with Gasteiger partial charge in [-0.25, -0.2) is 13.1 Å². The Labute approximate surface area is 130 Å². The fourth-order valence-corrected chi connectivity index (χ4v) is 5.94. The highest BCUT2D eigenvalue weighted by Crippen LogP contribution is 2.32. The lowest BCUT2D eigenvalue weighted by atomic mass is 9.85. The first-order valence-corrected chi connectivity index (χ1v) is 9.41. The number of thiophene rings is 1. The molecule has 0 aromatic carbocycles. The van der Waals surface area contributed by atoms with E-state index in [0.717, 1.165) is 33.5 Å². The van der Waals surface area contributed by atoms with Crippen LogP contribution in [0.15, 0.2) is 14.1 Å². The minimum Gasteiger partial charge on any atom is -0.481 e. The second-order valence-electron chi connectivity index (χ2n) is 4.98. The number of aryl methyl sites for hydroxylation is 1. The molecule has 20 heavy (non-hydrogen) atoms. The molecule has 2 unspecified atom stereocenters. The Morgan fingerprint density at radius 1 is 1.45 bits per heavy atom. The Balaban J connectivity index is 2.20. The number of hydrogen-bond acceptors (Lipinski definition) is 4. The lowest BCUT2D eigenvalue weighted by Crippen LogP contribution is -2.44. The molecule has 1 aromatic heterocycles. The van der Waals surface area contributed by atoms with Gasteiger partial charge in [0.1, 0.15) is 4.21 Å². The molecule has 0 amide bonds. The molecule has 1 aliphatic rings. The maximum atomic E-state index is 12.3. The number of carboxylic acids is 1. The van der Waals surface area contributed by atoms with E-state index in [1.165, 1.54) is 0 Å². The highest BCUT2D eigenvalue weighted by molar-refractivity contribution is 9.11. The fraction of sp³-hybridized carbons (Fsp3) is 0.583. The fourth-order valence-electron chi connectivity index (χ4n) is 2.39. The maximum Gasteiger partial charge on any atom is 0.308 e. The summed E-state index contributed by atoms with van der Waals surface area (Å²) in [5.74, 6) is -1.57. The summed E-state index contributed by atoms with van der Waals surface area (Å²) < 4.78 is 28.2. The Hall–Kier alpha value is -0.440. The summed E-state index contributed by atoms with van der Waals surface area (Å²) in [5, 5.41) is 9.18. The van der Waals surface area contributed by atoms with Crippen molar-refractivity contribution in [3.05, 3.63) is 15.4 Å². The SMILES string of the molecule is Cc1cc(S(=O)(=O)NC2CCCCC2C(=O)O)sc1Br. The van der Waals surface area contributed by atoms with Crippen LogP contribution in [0.1, 0.15) is 31.2 Å². The third kappa shape index (κ3) is 3.41. The van der Waals surface area contributed by atoms with Crippen LogP contribution >= 0.6 is 27.3 Å². The van der Waals surface area contributed by atoms with E-state index in [4.69, 9.17) is 0 Å². The topological polar surface area (TPSA) is 83.5 Å². The number of aliphatic carboxylic acids is 1. The molecule has 0 bridgehead atoms. The molecule has 8 heteroatoms. The second kappa shape index (κ2) is 6.13. The average Bonchev–Trinajstić information content (AvgIpc) is 2.70. The van der Waals surface area contributed by atoms with Crippen LogP contribution in [0.4, 0.5) is 0 Å². The molecule has 5 nitrogen and oxygen atoms in total. The first kappa shape index (κ1) is 15.9. The molecule has 1 saturated carbocycles. The molecular weight excluding hydrogens is 366 g/mol. The van der Waals surface area contributed by atoms with Crippen LogP contribution in [-0.2, 0) is 14.8 Å². The van der Waals surface area contributed by atoms with E-state index < -0.39 is 28.0 Å². The van der Waals surface area contributed by atoms with Gasteiger partial charge in [-0.05, 0) is 47.3 Å². The molecule has 2 N–H and O–H groups in total. The number of hydrogen-bond donors (Lipinski definition) is 2. The Bertz CT molecular complexity index is 591. The number of sulfonamides is 1. The van der Waals surface area contributed by atoms with E-state index in [1.54, 1.807) is 6.07 Å². The Morgan fingerprint density at radius 2 is 2.10 bits per heavy atom. The molecular formula is C12H16BrNO4S2. The number of carbonyl (C=O) groups is 1. The quantitative estimate of drug-likeness (QED) is 0.839. The van der Waals surface area contributed by atoms with E-state index in [0.29, 0.717) is 12.8 Å². The van der Waals surface area contributed by atoms with Crippen molar-refractivity contribution in [3.63, 3.8) is 0 Å². The summed E-state index contributed by atoms with van der Waals surface area (Å²) in [7, 11) is -3.65. The molecule has 1 aromatic rings. The molecule has 0 radical (unpaired) electrons. The van der Waals surface area contributed by atoms with Crippen LogP contribution in [0.5, 0.6) is 0 Å². The first-order valence-electron chi connectivity index (χ1n) is 6.32. The van der Waals surface area contributed by atoms with Crippen LogP contribution in [0.2, 0.25) is 0 Å². The summed E-state index contributed by atoms with van der Waals surface area (Å²) in [6.07, 6.45) is 2.78. The molecule has 2 atom stereocenters. The Kier molecular flexibility index (Phi) is 4.88. The molecule has 0 spiro atoms. The highest BCUT2D eigenvalue weighted by atomic mass is 79.9. The first-order chi connectivity index (χ1) is 9.31. The monoisotopic (exact) mass is 381 g/mol. The largest absolute Gasteiger partial charge is 0.481 e. The molecule has 2 rings (SSSR count). The van der Waals surface area contributed by atoms with Gasteiger partial charge in [0, 0.05) is 6.04 Å². The van der Waals surface area contributed by atoms with Crippen molar-refractivity contribution in [1.29, 1.82) is 0 Å².